The zero-order valence-corrected chi connectivity index (χ0v) is 11.6. The molecular formula is C17H15FN2O. The van der Waals surface area contributed by atoms with Gasteiger partial charge in [0.15, 0.2) is 11.6 Å². The number of rotatable bonds is 4. The predicted octanol–water partition coefficient (Wildman–Crippen LogP) is 3.99. The fourth-order valence-electron chi connectivity index (χ4n) is 2.18. The van der Waals surface area contributed by atoms with E-state index in [0.29, 0.717) is 12.2 Å². The van der Waals surface area contributed by atoms with Gasteiger partial charge in [0.2, 0.25) is 0 Å². The van der Waals surface area contributed by atoms with Crippen molar-refractivity contribution in [2.45, 2.75) is 6.54 Å². The van der Waals surface area contributed by atoms with Crippen LogP contribution >= 0.6 is 0 Å². The molecule has 0 amide bonds. The summed E-state index contributed by atoms with van der Waals surface area (Å²) in [6.07, 6.45) is 0. The van der Waals surface area contributed by atoms with Crippen molar-refractivity contribution < 1.29 is 9.13 Å². The highest BCUT2D eigenvalue weighted by Crippen LogP contribution is 2.21. The van der Waals surface area contributed by atoms with Crippen LogP contribution in [0.1, 0.15) is 5.69 Å². The fraction of sp³-hybridized carbons (Fsp3) is 0.118. The van der Waals surface area contributed by atoms with Crippen molar-refractivity contribution in [3.63, 3.8) is 0 Å². The van der Waals surface area contributed by atoms with Gasteiger partial charge < -0.3 is 10.1 Å². The van der Waals surface area contributed by atoms with E-state index in [9.17, 15) is 4.39 Å². The highest BCUT2D eigenvalue weighted by molar-refractivity contribution is 5.78. The molecule has 0 bridgehead atoms. The molecule has 21 heavy (non-hydrogen) atoms. The summed E-state index contributed by atoms with van der Waals surface area (Å²) in [6.45, 7) is 0.538. The van der Waals surface area contributed by atoms with Gasteiger partial charge in [-0.05, 0) is 24.3 Å². The number of aromatic nitrogens is 1. The molecule has 1 N–H and O–H groups in total. The minimum Gasteiger partial charge on any atom is -0.494 e. The van der Waals surface area contributed by atoms with Crippen LogP contribution in [0.5, 0.6) is 5.75 Å². The monoisotopic (exact) mass is 282 g/mol. The molecule has 0 aliphatic heterocycles. The Morgan fingerprint density at radius 1 is 1.10 bits per heavy atom. The Hall–Kier alpha value is -2.62. The summed E-state index contributed by atoms with van der Waals surface area (Å²) in [5, 5.41) is 4.27. The minimum absolute atomic E-state index is 0.240. The lowest BCUT2D eigenvalue weighted by atomic mass is 10.2. The van der Waals surface area contributed by atoms with Crippen molar-refractivity contribution in [2.75, 3.05) is 12.4 Å². The first-order valence-corrected chi connectivity index (χ1v) is 6.68. The zero-order chi connectivity index (χ0) is 14.7. The van der Waals surface area contributed by atoms with Crippen LogP contribution in [0.25, 0.3) is 10.9 Å². The second-order valence-corrected chi connectivity index (χ2v) is 4.70. The van der Waals surface area contributed by atoms with E-state index in [1.165, 1.54) is 13.2 Å². The van der Waals surface area contributed by atoms with Gasteiger partial charge in [0.1, 0.15) is 0 Å². The highest BCUT2D eigenvalue weighted by atomic mass is 19.1. The molecule has 0 aliphatic rings. The van der Waals surface area contributed by atoms with Crippen LogP contribution in [0.3, 0.4) is 0 Å². The molecule has 3 rings (SSSR count). The van der Waals surface area contributed by atoms with Gasteiger partial charge in [0, 0.05) is 17.1 Å². The van der Waals surface area contributed by atoms with Gasteiger partial charge >= 0.3 is 0 Å². The molecule has 1 heterocycles. The van der Waals surface area contributed by atoms with E-state index in [2.05, 4.69) is 10.3 Å². The summed E-state index contributed by atoms with van der Waals surface area (Å²) < 4.78 is 18.5. The Morgan fingerprint density at radius 3 is 2.76 bits per heavy atom. The molecule has 0 atom stereocenters. The van der Waals surface area contributed by atoms with Gasteiger partial charge in [0.05, 0.1) is 24.9 Å². The number of hydrogen-bond acceptors (Lipinski definition) is 3. The molecule has 0 radical (unpaired) electrons. The number of ether oxygens (including phenoxy) is 1. The standard InChI is InChI=1S/C17H15FN2O/c1-21-17-9-8-13(10-15(17)18)19-11-14-7-6-12-4-2-3-5-16(12)20-14/h2-10,19H,11H2,1H3. The molecule has 0 saturated carbocycles. The van der Waals surface area contributed by atoms with Crippen molar-refractivity contribution in [1.29, 1.82) is 0 Å². The van der Waals surface area contributed by atoms with Crippen LogP contribution in [0.15, 0.2) is 54.6 Å². The molecule has 106 valence electrons. The summed E-state index contributed by atoms with van der Waals surface area (Å²) in [7, 11) is 1.45. The molecule has 3 aromatic rings. The smallest absolute Gasteiger partial charge is 0.167 e. The topological polar surface area (TPSA) is 34.1 Å². The average molecular weight is 282 g/mol. The van der Waals surface area contributed by atoms with Gasteiger partial charge in [-0.3, -0.25) is 4.98 Å². The second kappa shape index (κ2) is 5.79. The summed E-state index contributed by atoms with van der Waals surface area (Å²) in [5.74, 6) is -0.140. The number of para-hydroxylation sites is 1. The summed E-state index contributed by atoms with van der Waals surface area (Å²) in [5.41, 5.74) is 2.56. The minimum atomic E-state index is -0.381. The number of halogens is 1. The second-order valence-electron chi connectivity index (χ2n) is 4.70. The van der Waals surface area contributed by atoms with Crippen molar-refractivity contribution >= 4 is 16.6 Å². The van der Waals surface area contributed by atoms with Gasteiger partial charge in [-0.2, -0.15) is 0 Å². The predicted molar refractivity (Wildman–Crippen MR) is 82.0 cm³/mol. The Balaban J connectivity index is 1.75. The number of nitrogens with one attached hydrogen (secondary N) is 1. The normalized spacial score (nSPS) is 10.6. The molecule has 0 unspecified atom stereocenters. The van der Waals surface area contributed by atoms with Gasteiger partial charge in [-0.15, -0.1) is 0 Å². The summed E-state index contributed by atoms with van der Waals surface area (Å²) in [6, 6.07) is 16.8. The number of nitrogens with zero attached hydrogens (tertiary/aromatic N) is 1. The van der Waals surface area contributed by atoms with E-state index in [-0.39, 0.29) is 11.6 Å². The van der Waals surface area contributed by atoms with E-state index >= 15 is 0 Å². The first-order valence-electron chi connectivity index (χ1n) is 6.68. The summed E-state index contributed by atoms with van der Waals surface area (Å²) >= 11 is 0. The lowest BCUT2D eigenvalue weighted by Crippen LogP contribution is -2.02. The van der Waals surface area contributed by atoms with Crippen LogP contribution in [0.4, 0.5) is 10.1 Å². The van der Waals surface area contributed by atoms with Crippen LogP contribution in [-0.2, 0) is 6.54 Å². The Labute approximate surface area is 122 Å². The van der Waals surface area contributed by atoms with Crippen LogP contribution in [-0.4, -0.2) is 12.1 Å². The van der Waals surface area contributed by atoms with E-state index in [1.54, 1.807) is 12.1 Å². The third-order valence-corrected chi connectivity index (χ3v) is 3.28. The zero-order valence-electron chi connectivity index (χ0n) is 11.6. The van der Waals surface area contributed by atoms with Gasteiger partial charge in [0.25, 0.3) is 0 Å². The maximum absolute atomic E-state index is 13.6. The van der Waals surface area contributed by atoms with E-state index in [4.69, 9.17) is 4.74 Å². The third kappa shape index (κ3) is 2.94. The van der Waals surface area contributed by atoms with Gasteiger partial charge in [-0.25, -0.2) is 4.39 Å². The number of pyridine rings is 1. The van der Waals surface area contributed by atoms with E-state index in [1.807, 2.05) is 36.4 Å². The third-order valence-electron chi connectivity index (χ3n) is 3.28. The molecule has 1 aromatic heterocycles. The molecule has 0 aliphatic carbocycles. The van der Waals surface area contributed by atoms with Crippen molar-refractivity contribution in [3.8, 4) is 5.75 Å². The summed E-state index contributed by atoms with van der Waals surface area (Å²) in [4.78, 5) is 4.57. The van der Waals surface area contributed by atoms with Gasteiger partial charge in [-0.1, -0.05) is 24.3 Å². The molecular weight excluding hydrogens is 267 g/mol. The van der Waals surface area contributed by atoms with Crippen molar-refractivity contribution in [1.82, 2.24) is 4.98 Å². The van der Waals surface area contributed by atoms with E-state index in [0.717, 1.165) is 16.6 Å². The quantitative estimate of drug-likeness (QED) is 0.785. The van der Waals surface area contributed by atoms with Crippen LogP contribution in [0, 0.1) is 5.82 Å². The number of anilines is 1. The SMILES string of the molecule is COc1ccc(NCc2ccc3ccccc3n2)cc1F. The first-order chi connectivity index (χ1) is 10.3. The van der Waals surface area contributed by atoms with E-state index < -0.39 is 0 Å². The number of methoxy groups -OCH3 is 1. The number of benzene rings is 2. The average Bonchev–Trinajstić information content (AvgIpc) is 2.53. The lowest BCUT2D eigenvalue weighted by molar-refractivity contribution is 0.386. The molecule has 3 nitrogen and oxygen atoms in total. The molecule has 0 fully saturated rings. The Bertz CT molecular complexity index is 774. The van der Waals surface area contributed by atoms with Crippen molar-refractivity contribution in [3.05, 3.63) is 66.1 Å². The fourth-order valence-corrected chi connectivity index (χ4v) is 2.18. The Kier molecular flexibility index (Phi) is 3.69. The molecule has 0 saturated heterocycles. The molecule has 2 aromatic carbocycles. The number of fused-ring (bicyclic) bond motifs is 1. The molecule has 4 heteroatoms. The maximum atomic E-state index is 13.6. The van der Waals surface area contributed by atoms with Crippen LogP contribution in [0.2, 0.25) is 0 Å². The molecule has 0 spiro atoms. The maximum Gasteiger partial charge on any atom is 0.167 e. The number of hydrogen-bond donors (Lipinski definition) is 1. The largest absolute Gasteiger partial charge is 0.494 e. The lowest BCUT2D eigenvalue weighted by Gasteiger charge is -2.08. The first kappa shape index (κ1) is 13.4. The van der Waals surface area contributed by atoms with Crippen molar-refractivity contribution in [2.24, 2.45) is 0 Å². The Morgan fingerprint density at radius 2 is 1.95 bits per heavy atom. The highest BCUT2D eigenvalue weighted by Gasteiger charge is 2.04. The van der Waals surface area contributed by atoms with Crippen LogP contribution < -0.4 is 10.1 Å².